The molecular formula is C25H42O4. The number of aliphatic carboxylic acids is 1. The lowest BCUT2D eigenvalue weighted by Gasteiger charge is -2.17. The molecule has 0 spiro atoms. The average molecular weight is 407 g/mol. The van der Waals surface area contributed by atoms with Crippen molar-refractivity contribution in [1.29, 1.82) is 0 Å². The lowest BCUT2D eigenvalue weighted by Crippen LogP contribution is -2.15. The van der Waals surface area contributed by atoms with Crippen LogP contribution in [0.15, 0.2) is 30.3 Å². The minimum atomic E-state index is -0.752. The molecule has 0 saturated heterocycles. The summed E-state index contributed by atoms with van der Waals surface area (Å²) in [6.45, 7) is 2.71. The van der Waals surface area contributed by atoms with Crippen molar-refractivity contribution in [3.8, 4) is 0 Å². The van der Waals surface area contributed by atoms with Crippen LogP contribution in [0.5, 0.6) is 0 Å². The second kappa shape index (κ2) is 17.5. The number of hydrogen-bond acceptors (Lipinski definition) is 3. The standard InChI is InChI=1S/C25H42O4/c1-2-3-16-23(26)17-12-7-5-4-6-8-13-18-24(19-20-25(27)28)29-21-22-14-10-9-11-15-22/h9-11,14-15,23-24,26H,2-8,12-13,16-21H2,1H3,(H,27,28). The zero-order valence-corrected chi connectivity index (χ0v) is 18.4. The average Bonchev–Trinajstić information content (AvgIpc) is 2.72. The Morgan fingerprint density at radius 3 is 2.07 bits per heavy atom. The molecule has 2 unspecified atom stereocenters. The van der Waals surface area contributed by atoms with E-state index in [9.17, 15) is 9.90 Å². The van der Waals surface area contributed by atoms with E-state index in [2.05, 4.69) is 6.92 Å². The molecule has 1 rings (SSSR count). The Morgan fingerprint density at radius 2 is 1.45 bits per heavy atom. The summed E-state index contributed by atoms with van der Waals surface area (Å²) in [6, 6.07) is 10.1. The molecule has 166 valence electrons. The molecule has 29 heavy (non-hydrogen) atoms. The van der Waals surface area contributed by atoms with Gasteiger partial charge in [0.1, 0.15) is 0 Å². The molecule has 0 aliphatic rings. The molecule has 1 aromatic carbocycles. The summed E-state index contributed by atoms with van der Waals surface area (Å²) in [5, 5.41) is 18.8. The fourth-order valence-electron chi connectivity index (χ4n) is 3.60. The van der Waals surface area contributed by atoms with E-state index in [1.54, 1.807) is 0 Å². The van der Waals surface area contributed by atoms with Gasteiger partial charge in [-0.25, -0.2) is 0 Å². The van der Waals surface area contributed by atoms with Crippen molar-refractivity contribution in [3.63, 3.8) is 0 Å². The van der Waals surface area contributed by atoms with E-state index in [-0.39, 0.29) is 18.6 Å². The zero-order valence-electron chi connectivity index (χ0n) is 18.4. The topological polar surface area (TPSA) is 66.8 Å². The highest BCUT2D eigenvalue weighted by atomic mass is 16.5. The van der Waals surface area contributed by atoms with Crippen LogP contribution >= 0.6 is 0 Å². The maximum absolute atomic E-state index is 10.9. The molecule has 0 bridgehead atoms. The Hall–Kier alpha value is -1.39. The van der Waals surface area contributed by atoms with Crippen LogP contribution in [0, 0.1) is 0 Å². The van der Waals surface area contributed by atoms with E-state index in [1.807, 2.05) is 30.3 Å². The fourth-order valence-corrected chi connectivity index (χ4v) is 3.60. The van der Waals surface area contributed by atoms with Crippen molar-refractivity contribution in [1.82, 2.24) is 0 Å². The highest BCUT2D eigenvalue weighted by Gasteiger charge is 2.12. The molecule has 0 amide bonds. The van der Waals surface area contributed by atoms with Gasteiger partial charge in [-0.1, -0.05) is 95.0 Å². The first-order chi connectivity index (χ1) is 14.1. The van der Waals surface area contributed by atoms with E-state index in [0.29, 0.717) is 13.0 Å². The van der Waals surface area contributed by atoms with Gasteiger partial charge >= 0.3 is 5.97 Å². The number of benzene rings is 1. The second-order valence-corrected chi connectivity index (χ2v) is 8.20. The molecule has 1 aromatic rings. The molecule has 0 fully saturated rings. The lowest BCUT2D eigenvalue weighted by molar-refractivity contribution is -0.138. The number of carbonyl (C=O) groups is 1. The van der Waals surface area contributed by atoms with Gasteiger partial charge in [0.2, 0.25) is 0 Å². The number of ether oxygens (including phenoxy) is 1. The van der Waals surface area contributed by atoms with Gasteiger partial charge in [0.25, 0.3) is 0 Å². The van der Waals surface area contributed by atoms with Gasteiger partial charge in [0.15, 0.2) is 0 Å². The SMILES string of the molecule is CCCCC(O)CCCCCCCCCC(CCC(=O)O)OCc1ccccc1. The second-order valence-electron chi connectivity index (χ2n) is 8.20. The van der Waals surface area contributed by atoms with Crippen LogP contribution in [0.3, 0.4) is 0 Å². The number of hydrogen-bond donors (Lipinski definition) is 2. The van der Waals surface area contributed by atoms with Crippen LogP contribution in [-0.2, 0) is 16.1 Å². The van der Waals surface area contributed by atoms with Gasteiger partial charge in [-0.05, 0) is 31.2 Å². The predicted octanol–water partition coefficient (Wildman–Crippen LogP) is 6.50. The zero-order chi connectivity index (χ0) is 21.2. The smallest absolute Gasteiger partial charge is 0.303 e. The van der Waals surface area contributed by atoms with Crippen LogP contribution in [0.2, 0.25) is 0 Å². The summed E-state index contributed by atoms with van der Waals surface area (Å²) in [6.07, 6.45) is 14.1. The molecule has 4 nitrogen and oxygen atoms in total. The molecular weight excluding hydrogens is 364 g/mol. The minimum absolute atomic E-state index is 0.0240. The largest absolute Gasteiger partial charge is 0.481 e. The first-order valence-electron chi connectivity index (χ1n) is 11.7. The Bertz CT molecular complexity index is 503. The highest BCUT2D eigenvalue weighted by Crippen LogP contribution is 2.17. The molecule has 0 radical (unpaired) electrons. The van der Waals surface area contributed by atoms with Crippen LogP contribution < -0.4 is 0 Å². The van der Waals surface area contributed by atoms with Gasteiger partial charge in [-0.2, -0.15) is 0 Å². The van der Waals surface area contributed by atoms with E-state index in [1.165, 1.54) is 32.1 Å². The molecule has 0 saturated carbocycles. The molecule has 0 heterocycles. The molecule has 0 aromatic heterocycles. The first kappa shape index (κ1) is 25.6. The van der Waals surface area contributed by atoms with Crippen molar-refractivity contribution < 1.29 is 19.7 Å². The predicted molar refractivity (Wildman–Crippen MR) is 119 cm³/mol. The van der Waals surface area contributed by atoms with Gasteiger partial charge in [0.05, 0.1) is 18.8 Å². The Kier molecular flexibility index (Phi) is 15.4. The van der Waals surface area contributed by atoms with Crippen LogP contribution in [-0.4, -0.2) is 28.4 Å². The monoisotopic (exact) mass is 406 g/mol. The number of aliphatic hydroxyl groups is 1. The first-order valence-corrected chi connectivity index (χ1v) is 11.7. The lowest BCUT2D eigenvalue weighted by atomic mass is 10.0. The number of carboxylic acid groups (broad SMARTS) is 1. The normalized spacial score (nSPS) is 13.3. The Labute approximate surface area is 177 Å². The number of unbranched alkanes of at least 4 members (excludes halogenated alkanes) is 7. The fraction of sp³-hybridized carbons (Fsp3) is 0.720. The van der Waals surface area contributed by atoms with Crippen molar-refractivity contribution in [2.24, 2.45) is 0 Å². The van der Waals surface area contributed by atoms with Gasteiger partial charge in [0, 0.05) is 6.42 Å². The van der Waals surface area contributed by atoms with E-state index < -0.39 is 5.97 Å². The van der Waals surface area contributed by atoms with Gasteiger partial charge in [-0.3, -0.25) is 4.79 Å². The maximum Gasteiger partial charge on any atom is 0.303 e. The summed E-state index contributed by atoms with van der Waals surface area (Å²) in [5.74, 6) is -0.752. The van der Waals surface area contributed by atoms with E-state index in [4.69, 9.17) is 9.84 Å². The molecule has 2 N–H and O–H groups in total. The van der Waals surface area contributed by atoms with Crippen LogP contribution in [0.25, 0.3) is 0 Å². The van der Waals surface area contributed by atoms with Gasteiger partial charge < -0.3 is 14.9 Å². The number of aliphatic hydroxyl groups excluding tert-OH is 1. The van der Waals surface area contributed by atoms with Crippen molar-refractivity contribution >= 4 is 5.97 Å². The van der Waals surface area contributed by atoms with Crippen molar-refractivity contribution in [3.05, 3.63) is 35.9 Å². The van der Waals surface area contributed by atoms with Gasteiger partial charge in [-0.15, -0.1) is 0 Å². The van der Waals surface area contributed by atoms with E-state index >= 15 is 0 Å². The summed E-state index contributed by atoms with van der Waals surface area (Å²) in [7, 11) is 0. The third-order valence-electron chi connectivity index (χ3n) is 5.46. The summed E-state index contributed by atoms with van der Waals surface area (Å²) in [4.78, 5) is 10.9. The Morgan fingerprint density at radius 1 is 0.862 bits per heavy atom. The van der Waals surface area contributed by atoms with E-state index in [0.717, 1.165) is 50.5 Å². The summed E-state index contributed by atoms with van der Waals surface area (Å²) >= 11 is 0. The number of carboxylic acids is 1. The molecule has 2 atom stereocenters. The Balaban J connectivity index is 2.08. The van der Waals surface area contributed by atoms with Crippen LogP contribution in [0.4, 0.5) is 0 Å². The summed E-state index contributed by atoms with van der Waals surface area (Å²) in [5.41, 5.74) is 1.13. The minimum Gasteiger partial charge on any atom is -0.481 e. The molecule has 4 heteroatoms. The van der Waals surface area contributed by atoms with Crippen molar-refractivity contribution in [2.75, 3.05) is 0 Å². The van der Waals surface area contributed by atoms with Crippen molar-refractivity contribution in [2.45, 2.75) is 116 Å². The summed E-state index contributed by atoms with van der Waals surface area (Å²) < 4.78 is 6.00. The maximum atomic E-state index is 10.9. The third kappa shape index (κ3) is 15.2. The highest BCUT2D eigenvalue weighted by molar-refractivity contribution is 5.66. The molecule has 0 aliphatic heterocycles. The van der Waals surface area contributed by atoms with Crippen LogP contribution in [0.1, 0.15) is 102 Å². The number of rotatable bonds is 19. The molecule has 0 aliphatic carbocycles. The third-order valence-corrected chi connectivity index (χ3v) is 5.46. The quantitative estimate of drug-likeness (QED) is 0.257.